The van der Waals surface area contributed by atoms with Crippen LogP contribution in [0.4, 0.5) is 0 Å². The molecular formula is C15H24N2O2. The molecule has 1 atom stereocenters. The molecule has 0 amide bonds. The third-order valence-electron chi connectivity index (χ3n) is 3.69. The van der Waals surface area contributed by atoms with E-state index >= 15 is 0 Å². The maximum Gasteiger partial charge on any atom is 0.160 e. The first-order chi connectivity index (χ1) is 9.24. The topological polar surface area (TPSA) is 44.7 Å². The molecule has 2 rings (SSSR count). The number of phenolic OH excluding ortho intramolecular Hbond substituents is 1. The van der Waals surface area contributed by atoms with Crippen LogP contribution in [0.1, 0.15) is 25.3 Å². The number of hydrogen-bond donors (Lipinski definition) is 2. The summed E-state index contributed by atoms with van der Waals surface area (Å²) < 4.78 is 5.17. The highest BCUT2D eigenvalue weighted by Gasteiger charge is 2.21. The Morgan fingerprint density at radius 3 is 2.95 bits per heavy atom. The van der Waals surface area contributed by atoms with Crippen LogP contribution in [0.2, 0.25) is 0 Å². The minimum absolute atomic E-state index is 0.204. The van der Waals surface area contributed by atoms with Crippen molar-refractivity contribution in [2.45, 2.75) is 32.4 Å². The molecule has 1 aliphatic heterocycles. The van der Waals surface area contributed by atoms with Gasteiger partial charge in [0.25, 0.3) is 0 Å². The number of nitrogens with one attached hydrogen (secondary N) is 1. The maximum absolute atomic E-state index is 9.64. The van der Waals surface area contributed by atoms with E-state index in [0.29, 0.717) is 11.8 Å². The van der Waals surface area contributed by atoms with E-state index in [1.807, 2.05) is 12.1 Å². The predicted octanol–water partition coefficient (Wildman–Crippen LogP) is 1.97. The molecule has 0 bridgehead atoms. The summed E-state index contributed by atoms with van der Waals surface area (Å²) in [4.78, 5) is 2.52. The van der Waals surface area contributed by atoms with Crippen molar-refractivity contribution in [3.63, 3.8) is 0 Å². The molecule has 106 valence electrons. The first-order valence-electron chi connectivity index (χ1n) is 7.05. The van der Waals surface area contributed by atoms with Crippen LogP contribution >= 0.6 is 0 Å². The van der Waals surface area contributed by atoms with Crippen LogP contribution in [-0.4, -0.2) is 42.8 Å². The molecule has 0 spiro atoms. The lowest BCUT2D eigenvalue weighted by Gasteiger charge is -2.28. The average molecular weight is 264 g/mol. The number of ether oxygens (including phenoxy) is 1. The van der Waals surface area contributed by atoms with Gasteiger partial charge in [-0.2, -0.15) is 0 Å². The molecule has 1 saturated heterocycles. The average Bonchev–Trinajstić information content (AvgIpc) is 2.94. The van der Waals surface area contributed by atoms with Crippen LogP contribution in [-0.2, 0) is 6.54 Å². The van der Waals surface area contributed by atoms with Crippen molar-refractivity contribution in [1.82, 2.24) is 10.2 Å². The molecule has 0 aliphatic carbocycles. The van der Waals surface area contributed by atoms with Crippen molar-refractivity contribution >= 4 is 0 Å². The second-order valence-electron chi connectivity index (χ2n) is 5.12. The summed E-state index contributed by atoms with van der Waals surface area (Å²) in [5, 5.41) is 13.1. The molecule has 19 heavy (non-hydrogen) atoms. The van der Waals surface area contributed by atoms with Gasteiger partial charge in [0.05, 0.1) is 7.11 Å². The number of hydrogen-bond acceptors (Lipinski definition) is 4. The summed E-state index contributed by atoms with van der Waals surface area (Å²) in [6.45, 7) is 6.43. The van der Waals surface area contributed by atoms with Gasteiger partial charge in [0.1, 0.15) is 0 Å². The van der Waals surface area contributed by atoms with Crippen LogP contribution in [0, 0.1) is 0 Å². The molecule has 1 aromatic rings. The van der Waals surface area contributed by atoms with Crippen LogP contribution in [0.25, 0.3) is 0 Å². The molecule has 1 unspecified atom stereocenters. The second-order valence-corrected chi connectivity index (χ2v) is 5.12. The Labute approximate surface area is 115 Å². The zero-order valence-electron chi connectivity index (χ0n) is 11.9. The van der Waals surface area contributed by atoms with Crippen molar-refractivity contribution in [2.75, 3.05) is 26.7 Å². The number of phenols is 1. The predicted molar refractivity (Wildman–Crippen MR) is 76.6 cm³/mol. The van der Waals surface area contributed by atoms with E-state index in [2.05, 4.69) is 17.1 Å². The van der Waals surface area contributed by atoms with E-state index in [4.69, 9.17) is 4.74 Å². The Balaban J connectivity index is 2.07. The van der Waals surface area contributed by atoms with E-state index in [0.717, 1.165) is 32.6 Å². The van der Waals surface area contributed by atoms with Gasteiger partial charge in [-0.15, -0.1) is 0 Å². The molecule has 0 radical (unpaired) electrons. The van der Waals surface area contributed by atoms with Crippen LogP contribution in [0.5, 0.6) is 11.5 Å². The minimum Gasteiger partial charge on any atom is -0.504 e. The highest BCUT2D eigenvalue weighted by atomic mass is 16.5. The third-order valence-corrected chi connectivity index (χ3v) is 3.69. The van der Waals surface area contributed by atoms with Crippen molar-refractivity contribution in [3.05, 3.63) is 23.8 Å². The summed E-state index contributed by atoms with van der Waals surface area (Å²) >= 11 is 0. The Kier molecular flexibility index (Phi) is 5.05. The first kappa shape index (κ1) is 14.2. The van der Waals surface area contributed by atoms with Gasteiger partial charge in [0, 0.05) is 19.1 Å². The molecule has 4 nitrogen and oxygen atoms in total. The highest BCUT2D eigenvalue weighted by molar-refractivity contribution is 5.41. The van der Waals surface area contributed by atoms with Gasteiger partial charge in [-0.25, -0.2) is 0 Å². The largest absolute Gasteiger partial charge is 0.504 e. The number of aromatic hydroxyl groups is 1. The second kappa shape index (κ2) is 6.78. The highest BCUT2D eigenvalue weighted by Crippen LogP contribution is 2.27. The zero-order chi connectivity index (χ0) is 13.7. The molecule has 1 aliphatic rings. The van der Waals surface area contributed by atoms with Crippen LogP contribution in [0.3, 0.4) is 0 Å². The Morgan fingerprint density at radius 2 is 2.32 bits per heavy atom. The molecule has 1 aromatic carbocycles. The van der Waals surface area contributed by atoms with E-state index in [9.17, 15) is 5.11 Å². The van der Waals surface area contributed by atoms with Gasteiger partial charge < -0.3 is 15.2 Å². The Bertz CT molecular complexity index is 403. The fraction of sp³-hybridized carbons (Fsp3) is 0.600. The molecular weight excluding hydrogens is 240 g/mol. The van der Waals surface area contributed by atoms with Crippen molar-refractivity contribution in [1.29, 1.82) is 0 Å². The fourth-order valence-electron chi connectivity index (χ4n) is 2.68. The molecule has 0 aromatic heterocycles. The molecule has 4 heteroatoms. The van der Waals surface area contributed by atoms with Gasteiger partial charge in [-0.3, -0.25) is 4.90 Å². The van der Waals surface area contributed by atoms with E-state index in [-0.39, 0.29) is 5.75 Å². The Morgan fingerprint density at radius 1 is 1.47 bits per heavy atom. The summed E-state index contributed by atoms with van der Waals surface area (Å²) in [7, 11) is 1.59. The van der Waals surface area contributed by atoms with Crippen molar-refractivity contribution in [2.24, 2.45) is 0 Å². The lowest BCUT2D eigenvalue weighted by Crippen LogP contribution is -2.36. The smallest absolute Gasteiger partial charge is 0.160 e. The summed E-state index contributed by atoms with van der Waals surface area (Å²) in [5.74, 6) is 0.759. The van der Waals surface area contributed by atoms with Crippen molar-refractivity contribution in [3.8, 4) is 11.5 Å². The summed E-state index contributed by atoms with van der Waals surface area (Å²) in [5.41, 5.74) is 1.19. The SMILES string of the molecule is CCCN(Cc1ccc(O)c(OC)c1)C1CCNC1. The minimum atomic E-state index is 0.204. The van der Waals surface area contributed by atoms with E-state index < -0.39 is 0 Å². The molecule has 2 N–H and O–H groups in total. The quantitative estimate of drug-likeness (QED) is 0.824. The monoisotopic (exact) mass is 264 g/mol. The third kappa shape index (κ3) is 3.61. The lowest BCUT2D eigenvalue weighted by molar-refractivity contribution is 0.199. The standard InChI is InChI=1S/C15H24N2O2/c1-3-8-17(13-6-7-16-10-13)11-12-4-5-14(18)15(9-12)19-2/h4-5,9,13,16,18H,3,6-8,10-11H2,1-2H3. The van der Waals surface area contributed by atoms with Gasteiger partial charge in [0.2, 0.25) is 0 Å². The fourth-order valence-corrected chi connectivity index (χ4v) is 2.68. The molecule has 1 heterocycles. The van der Waals surface area contributed by atoms with Crippen molar-refractivity contribution < 1.29 is 9.84 Å². The van der Waals surface area contributed by atoms with Gasteiger partial charge in [-0.05, 0) is 43.6 Å². The van der Waals surface area contributed by atoms with Gasteiger partial charge >= 0.3 is 0 Å². The summed E-state index contributed by atoms with van der Waals surface area (Å²) in [6, 6.07) is 6.24. The zero-order valence-corrected chi connectivity index (χ0v) is 11.9. The number of benzene rings is 1. The first-order valence-corrected chi connectivity index (χ1v) is 7.05. The molecule has 0 saturated carbocycles. The maximum atomic E-state index is 9.64. The van der Waals surface area contributed by atoms with Gasteiger partial charge in [0.15, 0.2) is 11.5 Å². The normalized spacial score (nSPS) is 19.0. The summed E-state index contributed by atoms with van der Waals surface area (Å²) in [6.07, 6.45) is 2.38. The van der Waals surface area contributed by atoms with E-state index in [1.54, 1.807) is 13.2 Å². The number of methoxy groups -OCH3 is 1. The number of nitrogens with zero attached hydrogens (tertiary/aromatic N) is 1. The van der Waals surface area contributed by atoms with Gasteiger partial charge in [-0.1, -0.05) is 13.0 Å². The van der Waals surface area contributed by atoms with E-state index in [1.165, 1.54) is 12.0 Å². The molecule has 1 fully saturated rings. The lowest BCUT2D eigenvalue weighted by atomic mass is 10.1. The van der Waals surface area contributed by atoms with Crippen LogP contribution < -0.4 is 10.1 Å². The Hall–Kier alpha value is -1.26. The number of rotatable bonds is 6. The van der Waals surface area contributed by atoms with Crippen LogP contribution in [0.15, 0.2) is 18.2 Å².